The third kappa shape index (κ3) is 3.93. The number of aryl methyl sites for hydroxylation is 1. The Morgan fingerprint density at radius 1 is 1.21 bits per heavy atom. The van der Waals surface area contributed by atoms with Crippen molar-refractivity contribution in [2.24, 2.45) is 0 Å². The minimum absolute atomic E-state index is 0.131. The van der Waals surface area contributed by atoms with E-state index in [-0.39, 0.29) is 17.8 Å². The molecular formula is C21H21FN4O2. The van der Waals surface area contributed by atoms with E-state index in [0.29, 0.717) is 36.1 Å². The highest BCUT2D eigenvalue weighted by atomic mass is 19.1. The van der Waals surface area contributed by atoms with Gasteiger partial charge in [0.05, 0.1) is 6.20 Å². The Hall–Kier alpha value is -3.09. The summed E-state index contributed by atoms with van der Waals surface area (Å²) >= 11 is 0. The van der Waals surface area contributed by atoms with Crippen molar-refractivity contribution in [3.63, 3.8) is 0 Å². The lowest BCUT2D eigenvalue weighted by Crippen LogP contribution is -2.39. The number of amides is 1. The second-order valence-electron chi connectivity index (χ2n) is 6.97. The molecule has 1 atom stereocenters. The van der Waals surface area contributed by atoms with Crippen LogP contribution < -0.4 is 0 Å². The molecule has 7 heteroatoms. The van der Waals surface area contributed by atoms with E-state index in [4.69, 9.17) is 4.42 Å². The first-order chi connectivity index (χ1) is 13.6. The average Bonchev–Trinajstić information content (AvgIpc) is 3.17. The number of aromatic nitrogens is 3. The Balaban J connectivity index is 1.54. The zero-order chi connectivity index (χ0) is 19.5. The Labute approximate surface area is 162 Å². The van der Waals surface area contributed by atoms with E-state index in [0.717, 1.165) is 24.8 Å². The molecule has 1 aliphatic heterocycles. The zero-order valence-electron chi connectivity index (χ0n) is 15.6. The molecule has 1 aliphatic rings. The van der Waals surface area contributed by atoms with E-state index in [2.05, 4.69) is 15.0 Å². The van der Waals surface area contributed by atoms with Gasteiger partial charge in [0, 0.05) is 19.2 Å². The van der Waals surface area contributed by atoms with Gasteiger partial charge in [-0.25, -0.2) is 19.3 Å². The number of likely N-dealkylation sites (tertiary alicyclic amines) is 1. The van der Waals surface area contributed by atoms with Gasteiger partial charge in [-0.05, 0) is 49.9 Å². The van der Waals surface area contributed by atoms with Gasteiger partial charge in [0.25, 0.3) is 5.91 Å². The SMILES string of the molecule is Cc1nccc(C(=O)N2CCCC[C@H]2c2ncc(Cc3ccc(F)cc3)o2)n1. The molecule has 3 aromatic rings. The van der Waals surface area contributed by atoms with Gasteiger partial charge >= 0.3 is 0 Å². The number of hydrogen-bond acceptors (Lipinski definition) is 5. The van der Waals surface area contributed by atoms with Gasteiger partial charge in [-0.3, -0.25) is 4.79 Å². The summed E-state index contributed by atoms with van der Waals surface area (Å²) in [6, 6.07) is 7.74. The molecule has 28 heavy (non-hydrogen) atoms. The number of rotatable bonds is 4. The molecule has 0 aliphatic carbocycles. The maximum atomic E-state index is 13.1. The Kier molecular flexibility index (Phi) is 5.14. The first kappa shape index (κ1) is 18.3. The molecule has 4 rings (SSSR count). The molecule has 0 bridgehead atoms. The van der Waals surface area contributed by atoms with E-state index in [1.807, 2.05) is 0 Å². The number of oxazole rings is 1. The summed E-state index contributed by atoms with van der Waals surface area (Å²) in [4.78, 5) is 27.5. The molecule has 0 unspecified atom stereocenters. The van der Waals surface area contributed by atoms with Gasteiger partial charge in [0.1, 0.15) is 29.1 Å². The van der Waals surface area contributed by atoms with Crippen LogP contribution in [0.2, 0.25) is 0 Å². The largest absolute Gasteiger partial charge is 0.443 e. The first-order valence-electron chi connectivity index (χ1n) is 9.40. The lowest BCUT2D eigenvalue weighted by atomic mass is 10.0. The Morgan fingerprint density at radius 3 is 2.82 bits per heavy atom. The maximum absolute atomic E-state index is 13.1. The van der Waals surface area contributed by atoms with Crippen LogP contribution in [0.5, 0.6) is 0 Å². The smallest absolute Gasteiger partial charge is 0.273 e. The van der Waals surface area contributed by atoms with Crippen LogP contribution in [-0.4, -0.2) is 32.3 Å². The summed E-state index contributed by atoms with van der Waals surface area (Å²) in [6.45, 7) is 2.41. The molecular weight excluding hydrogens is 359 g/mol. The molecule has 0 spiro atoms. The fourth-order valence-electron chi connectivity index (χ4n) is 3.52. The van der Waals surface area contributed by atoms with E-state index < -0.39 is 0 Å². The predicted octanol–water partition coefficient (Wildman–Crippen LogP) is 3.87. The number of carbonyl (C=O) groups excluding carboxylic acids is 1. The Morgan fingerprint density at radius 2 is 2.04 bits per heavy atom. The molecule has 3 heterocycles. The van der Waals surface area contributed by atoms with Crippen molar-refractivity contribution in [1.82, 2.24) is 19.9 Å². The molecule has 0 saturated carbocycles. The van der Waals surface area contributed by atoms with E-state index >= 15 is 0 Å². The quantitative estimate of drug-likeness (QED) is 0.687. The van der Waals surface area contributed by atoms with E-state index in [1.165, 1.54) is 12.1 Å². The van der Waals surface area contributed by atoms with Gasteiger partial charge in [-0.15, -0.1) is 0 Å². The molecule has 2 aromatic heterocycles. The van der Waals surface area contributed by atoms with Crippen molar-refractivity contribution in [1.29, 1.82) is 0 Å². The van der Waals surface area contributed by atoms with Crippen LogP contribution in [0.25, 0.3) is 0 Å². The van der Waals surface area contributed by atoms with Crippen LogP contribution in [-0.2, 0) is 6.42 Å². The maximum Gasteiger partial charge on any atom is 0.273 e. The number of hydrogen-bond donors (Lipinski definition) is 0. The van der Waals surface area contributed by atoms with Crippen molar-refractivity contribution < 1.29 is 13.6 Å². The number of piperidine rings is 1. The predicted molar refractivity (Wildman–Crippen MR) is 100 cm³/mol. The second kappa shape index (κ2) is 7.88. The van der Waals surface area contributed by atoms with E-state index in [1.54, 1.807) is 42.4 Å². The molecule has 144 valence electrons. The van der Waals surface area contributed by atoms with E-state index in [9.17, 15) is 9.18 Å². The molecule has 6 nitrogen and oxygen atoms in total. The highest BCUT2D eigenvalue weighted by Gasteiger charge is 2.32. The standard InChI is InChI=1S/C21H21FN4O2/c1-14-23-10-9-18(25-14)21(27)26-11-3-2-4-19(26)20-24-13-17(28-20)12-15-5-7-16(22)8-6-15/h5-10,13,19H,2-4,11-12H2,1H3/t19-/m0/s1. The first-order valence-corrected chi connectivity index (χ1v) is 9.40. The molecule has 1 amide bonds. The van der Waals surface area contributed by atoms with Crippen LogP contribution in [0.3, 0.4) is 0 Å². The van der Waals surface area contributed by atoms with Crippen LogP contribution in [0.15, 0.2) is 47.1 Å². The molecule has 1 saturated heterocycles. The number of nitrogens with zero attached hydrogens (tertiary/aromatic N) is 4. The van der Waals surface area contributed by atoms with Crippen LogP contribution in [0.4, 0.5) is 4.39 Å². The zero-order valence-corrected chi connectivity index (χ0v) is 15.6. The molecule has 0 radical (unpaired) electrons. The summed E-state index contributed by atoms with van der Waals surface area (Å²) in [5.41, 5.74) is 1.33. The van der Waals surface area contributed by atoms with Gasteiger partial charge in [-0.2, -0.15) is 0 Å². The number of carbonyl (C=O) groups is 1. The fourth-order valence-corrected chi connectivity index (χ4v) is 3.52. The summed E-state index contributed by atoms with van der Waals surface area (Å²) in [5, 5.41) is 0. The lowest BCUT2D eigenvalue weighted by Gasteiger charge is -2.33. The van der Waals surface area contributed by atoms with Crippen molar-refractivity contribution in [2.75, 3.05) is 6.54 Å². The highest BCUT2D eigenvalue weighted by molar-refractivity contribution is 5.92. The summed E-state index contributed by atoms with van der Waals surface area (Å²) in [6.07, 6.45) is 6.55. The van der Waals surface area contributed by atoms with Crippen LogP contribution >= 0.6 is 0 Å². The topological polar surface area (TPSA) is 72.1 Å². The number of benzene rings is 1. The van der Waals surface area contributed by atoms with Crippen molar-refractivity contribution in [3.05, 3.63) is 77.3 Å². The summed E-state index contributed by atoms with van der Waals surface area (Å²) in [7, 11) is 0. The minimum atomic E-state index is -0.265. The van der Waals surface area contributed by atoms with Crippen LogP contribution in [0.1, 0.15) is 58.8 Å². The minimum Gasteiger partial charge on any atom is -0.443 e. The molecule has 1 aromatic carbocycles. The average molecular weight is 380 g/mol. The summed E-state index contributed by atoms with van der Waals surface area (Å²) < 4.78 is 19.0. The third-order valence-electron chi connectivity index (χ3n) is 4.91. The fraction of sp³-hybridized carbons (Fsp3) is 0.333. The molecule has 0 N–H and O–H groups in total. The van der Waals surface area contributed by atoms with Gasteiger partial charge in [-0.1, -0.05) is 12.1 Å². The van der Waals surface area contributed by atoms with Gasteiger partial charge in [0.2, 0.25) is 5.89 Å². The summed E-state index contributed by atoms with van der Waals surface area (Å²) in [5.74, 6) is 1.40. The second-order valence-corrected chi connectivity index (χ2v) is 6.97. The van der Waals surface area contributed by atoms with Crippen LogP contribution in [0, 0.1) is 12.7 Å². The normalized spacial score (nSPS) is 16.9. The third-order valence-corrected chi connectivity index (χ3v) is 4.91. The van der Waals surface area contributed by atoms with Crippen molar-refractivity contribution in [3.8, 4) is 0 Å². The van der Waals surface area contributed by atoms with Crippen molar-refractivity contribution >= 4 is 5.91 Å². The van der Waals surface area contributed by atoms with Gasteiger partial charge in [0.15, 0.2) is 0 Å². The Bertz CT molecular complexity index is 971. The highest BCUT2D eigenvalue weighted by Crippen LogP contribution is 2.32. The molecule has 1 fully saturated rings. The monoisotopic (exact) mass is 380 g/mol. The lowest BCUT2D eigenvalue weighted by molar-refractivity contribution is 0.0563. The van der Waals surface area contributed by atoms with Crippen molar-refractivity contribution in [2.45, 2.75) is 38.6 Å². The number of halogens is 1. The van der Waals surface area contributed by atoms with Gasteiger partial charge < -0.3 is 9.32 Å².